The van der Waals surface area contributed by atoms with Crippen LogP contribution in [0.2, 0.25) is 10.6 Å². The zero-order valence-electron chi connectivity index (χ0n) is 20.7. The zero-order valence-corrected chi connectivity index (χ0v) is 25.5. The van der Waals surface area contributed by atoms with E-state index in [-0.39, 0.29) is 20.4 Å². The summed E-state index contributed by atoms with van der Waals surface area (Å²) in [4.78, 5) is 15.3. The number of hydrogen-bond acceptors (Lipinski definition) is 10. The van der Waals surface area contributed by atoms with E-state index >= 15 is 0 Å². The van der Waals surface area contributed by atoms with Crippen molar-refractivity contribution < 1.29 is 26.7 Å². The van der Waals surface area contributed by atoms with Crippen molar-refractivity contribution in [3.05, 3.63) is 99.5 Å². The lowest BCUT2D eigenvalue weighted by Gasteiger charge is -2.11. The first-order valence-electron chi connectivity index (χ1n) is 10.6. The van der Waals surface area contributed by atoms with Crippen LogP contribution in [0.15, 0.2) is 87.6 Å². The van der Waals surface area contributed by atoms with Crippen LogP contribution in [0.25, 0.3) is 0 Å². The van der Waals surface area contributed by atoms with Gasteiger partial charge in [-0.1, -0.05) is 18.2 Å². The van der Waals surface area contributed by atoms with Crippen LogP contribution in [0, 0.1) is 0 Å². The van der Waals surface area contributed by atoms with Crippen LogP contribution >= 0.6 is 39.1 Å². The van der Waals surface area contributed by atoms with Crippen LogP contribution in [0.1, 0.15) is 17.2 Å². The lowest BCUT2D eigenvalue weighted by Crippen LogP contribution is -2.04. The molecule has 0 fully saturated rings. The van der Waals surface area contributed by atoms with Gasteiger partial charge in [0.2, 0.25) is 10.6 Å². The van der Waals surface area contributed by atoms with Gasteiger partial charge >= 0.3 is 0 Å². The van der Waals surface area contributed by atoms with Gasteiger partial charge in [-0.15, -0.1) is 0 Å². The van der Waals surface area contributed by atoms with Crippen molar-refractivity contribution in [3.63, 3.8) is 0 Å². The molecule has 208 valence electrons. The Hall–Kier alpha value is -2.68. The van der Waals surface area contributed by atoms with Gasteiger partial charge in [-0.2, -0.15) is 0 Å². The van der Waals surface area contributed by atoms with E-state index in [4.69, 9.17) is 27.9 Å². The Morgan fingerprint density at radius 2 is 1.23 bits per heavy atom. The topological polar surface area (TPSA) is 149 Å². The quantitative estimate of drug-likeness (QED) is 0.297. The van der Waals surface area contributed by atoms with Crippen LogP contribution in [0.4, 0.5) is 0 Å². The Balaban J connectivity index is 0.000000227. The van der Waals surface area contributed by atoms with Gasteiger partial charge in [0.15, 0.2) is 19.7 Å². The maximum absolute atomic E-state index is 11.5. The molecule has 0 amide bonds. The van der Waals surface area contributed by atoms with Crippen LogP contribution in [0.3, 0.4) is 0 Å². The monoisotopic (exact) mass is 676 g/mol. The SMILES string of the molecule is COc1cccc(S(C)(=O)=O)c1.CS(=O)(=O)c1cccc(C(O)c2cnc(Cl)nc2)c1.Clc1ncc(Br)cn1. The van der Waals surface area contributed by atoms with E-state index in [0.717, 1.165) is 10.7 Å². The number of aliphatic hydroxyl groups is 1. The van der Waals surface area contributed by atoms with Gasteiger partial charge in [-0.05, 0) is 75.0 Å². The molecule has 2 heterocycles. The highest BCUT2D eigenvalue weighted by Crippen LogP contribution is 2.23. The summed E-state index contributed by atoms with van der Waals surface area (Å²) < 4.78 is 50.7. The Morgan fingerprint density at radius 3 is 1.69 bits per heavy atom. The third kappa shape index (κ3) is 11.1. The lowest BCUT2D eigenvalue weighted by molar-refractivity contribution is 0.219. The molecule has 0 spiro atoms. The predicted molar refractivity (Wildman–Crippen MR) is 152 cm³/mol. The van der Waals surface area contributed by atoms with Crippen molar-refractivity contribution >= 4 is 58.8 Å². The maximum atomic E-state index is 11.5. The zero-order chi connectivity index (χ0) is 29.2. The number of rotatable bonds is 5. The average molecular weight is 678 g/mol. The third-order valence-corrected chi connectivity index (χ3v) is 7.64. The molecule has 15 heteroatoms. The van der Waals surface area contributed by atoms with Gasteiger partial charge < -0.3 is 9.84 Å². The Morgan fingerprint density at radius 1 is 0.769 bits per heavy atom. The summed E-state index contributed by atoms with van der Waals surface area (Å²) in [7, 11) is -4.93. The molecule has 4 aromatic rings. The van der Waals surface area contributed by atoms with E-state index in [1.54, 1.807) is 36.7 Å². The Bertz CT molecular complexity index is 1570. The molecule has 0 bridgehead atoms. The fourth-order valence-electron chi connectivity index (χ4n) is 2.70. The second kappa shape index (κ2) is 14.6. The number of sulfone groups is 2. The summed E-state index contributed by atoms with van der Waals surface area (Å²) in [6, 6.07) is 12.5. The first-order valence-corrected chi connectivity index (χ1v) is 16.0. The van der Waals surface area contributed by atoms with E-state index in [1.165, 1.54) is 50.0 Å². The van der Waals surface area contributed by atoms with Crippen LogP contribution in [-0.4, -0.2) is 61.5 Å². The number of halogens is 3. The molecular weight excluding hydrogens is 655 g/mol. The molecule has 0 radical (unpaired) electrons. The summed E-state index contributed by atoms with van der Waals surface area (Å²) in [5.41, 5.74) is 0.892. The molecule has 0 saturated carbocycles. The van der Waals surface area contributed by atoms with Crippen molar-refractivity contribution in [1.29, 1.82) is 0 Å². The van der Waals surface area contributed by atoms with Crippen molar-refractivity contribution in [1.82, 2.24) is 19.9 Å². The largest absolute Gasteiger partial charge is 0.497 e. The second-order valence-electron chi connectivity index (χ2n) is 7.65. The summed E-state index contributed by atoms with van der Waals surface area (Å²) in [5, 5.41) is 10.5. The van der Waals surface area contributed by atoms with Gasteiger partial charge in [0, 0.05) is 42.9 Å². The van der Waals surface area contributed by atoms with E-state index in [1.807, 2.05) is 0 Å². The van der Waals surface area contributed by atoms with Crippen molar-refractivity contribution in [2.75, 3.05) is 19.6 Å². The predicted octanol–water partition coefficient (Wildman–Crippen LogP) is 4.61. The first-order chi connectivity index (χ1) is 18.2. The number of aromatic nitrogens is 4. The Labute approximate surface area is 245 Å². The minimum absolute atomic E-state index is 0.0841. The fraction of sp³-hybridized carbons (Fsp3) is 0.167. The lowest BCUT2D eigenvalue weighted by atomic mass is 10.0. The molecule has 0 aliphatic rings. The summed E-state index contributed by atoms with van der Waals surface area (Å²) >= 11 is 14.1. The second-order valence-corrected chi connectivity index (χ2v) is 13.3. The molecular formula is C24H23BrCl2N4O6S2. The smallest absolute Gasteiger partial charge is 0.222 e. The molecule has 39 heavy (non-hydrogen) atoms. The number of benzene rings is 2. The highest BCUT2D eigenvalue weighted by Gasteiger charge is 2.15. The third-order valence-electron chi connectivity index (χ3n) is 4.62. The molecule has 0 aliphatic carbocycles. The van der Waals surface area contributed by atoms with Gasteiger partial charge in [0.05, 0.1) is 21.4 Å². The van der Waals surface area contributed by atoms with E-state index in [9.17, 15) is 21.9 Å². The summed E-state index contributed by atoms with van der Waals surface area (Å²) in [6.07, 6.45) is 7.26. The van der Waals surface area contributed by atoms with Gasteiger partial charge in [-0.25, -0.2) is 36.8 Å². The van der Waals surface area contributed by atoms with Crippen molar-refractivity contribution in [2.24, 2.45) is 0 Å². The van der Waals surface area contributed by atoms with E-state index in [0.29, 0.717) is 16.9 Å². The molecule has 1 atom stereocenters. The van der Waals surface area contributed by atoms with Crippen LogP contribution in [-0.2, 0) is 19.7 Å². The van der Waals surface area contributed by atoms with Crippen LogP contribution in [0.5, 0.6) is 5.75 Å². The van der Waals surface area contributed by atoms with Gasteiger partial charge in [-0.3, -0.25) is 0 Å². The maximum Gasteiger partial charge on any atom is 0.222 e. The molecule has 0 aliphatic heterocycles. The molecule has 10 nitrogen and oxygen atoms in total. The molecule has 1 N–H and O–H groups in total. The van der Waals surface area contributed by atoms with Crippen molar-refractivity contribution in [2.45, 2.75) is 15.9 Å². The highest BCUT2D eigenvalue weighted by atomic mass is 79.9. The average Bonchev–Trinajstić information content (AvgIpc) is 2.90. The fourth-order valence-corrected chi connectivity index (χ4v) is 4.43. The molecule has 1 unspecified atom stereocenters. The van der Waals surface area contributed by atoms with Gasteiger partial charge in [0.1, 0.15) is 11.9 Å². The van der Waals surface area contributed by atoms with Crippen LogP contribution < -0.4 is 4.74 Å². The molecule has 0 saturated heterocycles. The molecule has 2 aromatic heterocycles. The molecule has 2 aromatic carbocycles. The number of aliphatic hydroxyl groups excluding tert-OH is 1. The van der Waals surface area contributed by atoms with E-state index < -0.39 is 25.8 Å². The number of ether oxygens (including phenoxy) is 1. The van der Waals surface area contributed by atoms with Gasteiger partial charge in [0.25, 0.3) is 0 Å². The highest BCUT2D eigenvalue weighted by molar-refractivity contribution is 9.10. The summed E-state index contributed by atoms with van der Waals surface area (Å²) in [6.45, 7) is 0. The standard InChI is InChI=1S/C12H11ClN2O3S.C8H10O3S.C4H2BrClN2/c1-19(17,18)10-4-2-3-8(5-10)11(16)9-6-14-12(13)15-7-9;1-11-7-4-3-5-8(6-7)12(2,9)10;5-3-1-7-4(6)8-2-3/h2-7,11,16H,1H3;3-6H,1-2H3;1-2H. The normalized spacial score (nSPS) is 11.8. The number of methoxy groups -OCH3 is 1. The number of hydrogen-bond donors (Lipinski definition) is 1. The summed E-state index contributed by atoms with van der Waals surface area (Å²) in [5.74, 6) is 0.554. The Kier molecular flexibility index (Phi) is 12.2. The molecule has 4 rings (SSSR count). The minimum atomic E-state index is -3.31. The number of nitrogens with zero attached hydrogens (tertiary/aromatic N) is 4. The van der Waals surface area contributed by atoms with Crippen molar-refractivity contribution in [3.8, 4) is 5.75 Å². The first kappa shape index (κ1) is 32.5. The van der Waals surface area contributed by atoms with E-state index in [2.05, 4.69) is 35.9 Å². The minimum Gasteiger partial charge on any atom is -0.497 e.